The molecule has 1 aromatic carbocycles. The highest BCUT2D eigenvalue weighted by molar-refractivity contribution is 6.30. The van der Waals surface area contributed by atoms with Crippen molar-refractivity contribution >= 4 is 23.3 Å². The number of likely N-dealkylation sites (N-methyl/N-ethyl adjacent to an activating group) is 1. The molecule has 0 atom stereocenters. The van der Waals surface area contributed by atoms with Gasteiger partial charge in [-0.3, -0.25) is 14.3 Å². The highest BCUT2D eigenvalue weighted by atomic mass is 35.5. The molecular weight excluding hydrogens is 535 g/mol. The monoisotopic (exact) mass is 563 g/mol. The molecular formula is C26H29ClF3N7O2. The second kappa shape index (κ2) is 10.6. The van der Waals surface area contributed by atoms with Crippen molar-refractivity contribution in [2.45, 2.75) is 38.0 Å². The van der Waals surface area contributed by atoms with Crippen molar-refractivity contribution in [1.82, 2.24) is 29.5 Å². The lowest BCUT2D eigenvalue weighted by atomic mass is 9.95. The number of fused-ring (bicyclic) bond motifs is 3. The van der Waals surface area contributed by atoms with Gasteiger partial charge in [0, 0.05) is 44.7 Å². The number of halogens is 4. The van der Waals surface area contributed by atoms with Crippen molar-refractivity contribution in [3.8, 4) is 11.4 Å². The first-order valence-corrected chi connectivity index (χ1v) is 13.0. The Hall–Kier alpha value is -3.38. The van der Waals surface area contributed by atoms with Gasteiger partial charge in [-0.05, 0) is 48.7 Å². The molecule has 0 spiro atoms. The second-order valence-corrected chi connectivity index (χ2v) is 10.4. The minimum atomic E-state index is -4.54. The zero-order chi connectivity index (χ0) is 27.9. The zero-order valence-electron chi connectivity index (χ0n) is 21.9. The summed E-state index contributed by atoms with van der Waals surface area (Å²) >= 11 is 6.34. The molecule has 0 saturated carbocycles. The van der Waals surface area contributed by atoms with Crippen LogP contribution in [-0.2, 0) is 24.1 Å². The van der Waals surface area contributed by atoms with E-state index in [4.69, 9.17) is 16.3 Å². The number of piperidine rings is 1. The summed E-state index contributed by atoms with van der Waals surface area (Å²) < 4.78 is 47.3. The predicted molar refractivity (Wildman–Crippen MR) is 139 cm³/mol. The largest absolute Gasteiger partial charge is 0.493 e. The van der Waals surface area contributed by atoms with Crippen LogP contribution in [0.15, 0.2) is 30.3 Å². The van der Waals surface area contributed by atoms with E-state index in [-0.39, 0.29) is 24.2 Å². The molecule has 0 radical (unpaired) electrons. The molecule has 0 N–H and O–H groups in total. The molecule has 1 amide bonds. The molecule has 2 aliphatic rings. The number of anilines is 1. The van der Waals surface area contributed by atoms with Gasteiger partial charge in [-0.2, -0.15) is 13.2 Å². The van der Waals surface area contributed by atoms with Gasteiger partial charge in [0.25, 0.3) is 0 Å². The molecule has 5 rings (SSSR count). The van der Waals surface area contributed by atoms with Gasteiger partial charge in [0.15, 0.2) is 17.4 Å². The SMILES string of the molecule is COc1ccc(C(F)(F)F)nc1N1CCC(c2nnc3n2-c2ccc(Cl)cc2CN(CC(=O)N(C)C)C3)CC1. The first-order valence-electron chi connectivity index (χ1n) is 12.6. The summed E-state index contributed by atoms with van der Waals surface area (Å²) in [5.41, 5.74) is 0.929. The van der Waals surface area contributed by atoms with Crippen molar-refractivity contribution in [2.75, 3.05) is 45.7 Å². The number of ether oxygens (including phenoxy) is 1. The van der Waals surface area contributed by atoms with Crippen LogP contribution in [0.2, 0.25) is 5.02 Å². The van der Waals surface area contributed by atoms with Gasteiger partial charge in [0.2, 0.25) is 5.91 Å². The first kappa shape index (κ1) is 27.2. The average Bonchev–Trinajstić information content (AvgIpc) is 3.24. The maximum Gasteiger partial charge on any atom is 0.433 e. The summed E-state index contributed by atoms with van der Waals surface area (Å²) in [5.74, 6) is 2.01. The molecule has 9 nitrogen and oxygen atoms in total. The Morgan fingerprint density at radius 1 is 1.13 bits per heavy atom. The number of nitrogens with zero attached hydrogens (tertiary/aromatic N) is 7. The lowest BCUT2D eigenvalue weighted by Gasteiger charge is -2.33. The molecule has 2 aliphatic heterocycles. The molecule has 3 aromatic rings. The van der Waals surface area contributed by atoms with Crippen LogP contribution in [0, 0.1) is 0 Å². The summed E-state index contributed by atoms with van der Waals surface area (Å²) in [7, 11) is 4.87. The van der Waals surface area contributed by atoms with Gasteiger partial charge in [-0.25, -0.2) is 4.98 Å². The number of carbonyl (C=O) groups is 1. The molecule has 39 heavy (non-hydrogen) atoms. The van der Waals surface area contributed by atoms with Crippen LogP contribution in [0.4, 0.5) is 19.0 Å². The summed E-state index contributed by atoms with van der Waals surface area (Å²) in [4.78, 5) is 21.8. The third kappa shape index (κ3) is 5.53. The number of hydrogen-bond donors (Lipinski definition) is 0. The van der Waals surface area contributed by atoms with E-state index in [2.05, 4.69) is 19.7 Å². The van der Waals surface area contributed by atoms with Crippen molar-refractivity contribution in [1.29, 1.82) is 0 Å². The summed E-state index contributed by atoms with van der Waals surface area (Å²) in [6, 6.07) is 7.90. The summed E-state index contributed by atoms with van der Waals surface area (Å²) in [5, 5.41) is 9.66. The van der Waals surface area contributed by atoms with Crippen molar-refractivity contribution < 1.29 is 22.7 Å². The highest BCUT2D eigenvalue weighted by Gasteiger charge is 2.35. The van der Waals surface area contributed by atoms with Crippen LogP contribution in [0.25, 0.3) is 5.69 Å². The summed E-state index contributed by atoms with van der Waals surface area (Å²) in [6.45, 7) is 2.15. The van der Waals surface area contributed by atoms with Gasteiger partial charge in [-0.1, -0.05) is 11.6 Å². The maximum absolute atomic E-state index is 13.3. The fourth-order valence-electron chi connectivity index (χ4n) is 5.13. The van der Waals surface area contributed by atoms with Gasteiger partial charge in [0.1, 0.15) is 11.5 Å². The van der Waals surface area contributed by atoms with Crippen LogP contribution in [-0.4, -0.2) is 76.3 Å². The van der Waals surface area contributed by atoms with Gasteiger partial charge >= 0.3 is 6.18 Å². The Bertz CT molecular complexity index is 1370. The number of benzene rings is 1. The number of aromatic nitrogens is 4. The smallest absolute Gasteiger partial charge is 0.433 e. The van der Waals surface area contributed by atoms with Gasteiger partial charge in [-0.15, -0.1) is 10.2 Å². The van der Waals surface area contributed by atoms with E-state index in [1.165, 1.54) is 13.2 Å². The van der Waals surface area contributed by atoms with Crippen LogP contribution in [0.1, 0.15) is 41.7 Å². The fraction of sp³-hybridized carbons (Fsp3) is 0.462. The lowest BCUT2D eigenvalue weighted by Crippen LogP contribution is -2.35. The van der Waals surface area contributed by atoms with E-state index < -0.39 is 11.9 Å². The summed E-state index contributed by atoms with van der Waals surface area (Å²) in [6.07, 6.45) is -3.25. The molecule has 0 aliphatic carbocycles. The molecule has 1 fully saturated rings. The Kier molecular flexibility index (Phi) is 7.43. The molecule has 1 saturated heterocycles. The molecule has 13 heteroatoms. The van der Waals surface area contributed by atoms with Crippen LogP contribution >= 0.6 is 11.6 Å². The van der Waals surface area contributed by atoms with E-state index in [1.54, 1.807) is 19.0 Å². The Labute approximate surface area is 229 Å². The number of alkyl halides is 3. The maximum atomic E-state index is 13.3. The number of pyridine rings is 1. The Balaban J connectivity index is 1.42. The molecule has 2 aromatic heterocycles. The molecule has 0 unspecified atom stereocenters. The van der Waals surface area contributed by atoms with E-state index >= 15 is 0 Å². The Morgan fingerprint density at radius 3 is 2.54 bits per heavy atom. The second-order valence-electron chi connectivity index (χ2n) is 10.00. The van der Waals surface area contributed by atoms with Crippen LogP contribution in [0.3, 0.4) is 0 Å². The highest BCUT2D eigenvalue weighted by Crippen LogP contribution is 2.38. The topological polar surface area (TPSA) is 79.6 Å². The lowest BCUT2D eigenvalue weighted by molar-refractivity contribution is -0.141. The van der Waals surface area contributed by atoms with Crippen LogP contribution in [0.5, 0.6) is 5.75 Å². The molecule has 4 heterocycles. The van der Waals surface area contributed by atoms with Crippen LogP contribution < -0.4 is 9.64 Å². The number of hydrogen-bond acceptors (Lipinski definition) is 7. The molecule has 208 valence electrons. The van der Waals surface area contributed by atoms with E-state index in [9.17, 15) is 18.0 Å². The predicted octanol–water partition coefficient (Wildman–Crippen LogP) is 4.13. The quantitative estimate of drug-likeness (QED) is 0.462. The number of methoxy groups -OCH3 is 1. The van der Waals surface area contributed by atoms with Gasteiger partial charge < -0.3 is 14.5 Å². The van der Waals surface area contributed by atoms with E-state index in [1.807, 2.05) is 28.0 Å². The van der Waals surface area contributed by atoms with Crippen molar-refractivity contribution in [3.63, 3.8) is 0 Å². The fourth-order valence-corrected chi connectivity index (χ4v) is 5.32. The van der Waals surface area contributed by atoms with Gasteiger partial charge in [0.05, 0.1) is 25.9 Å². The third-order valence-corrected chi connectivity index (χ3v) is 7.40. The van der Waals surface area contributed by atoms with E-state index in [0.29, 0.717) is 49.8 Å². The average molecular weight is 564 g/mol. The number of carbonyl (C=O) groups excluding carboxylic acids is 1. The number of amides is 1. The standard InChI is InChI=1S/C26H29ClF3N7O2/c1-34(2)23(38)15-35-13-17-12-18(27)4-5-19(17)37-22(14-35)32-33-24(37)16-8-10-36(11-9-16)25-20(39-3)6-7-21(31-25)26(28,29)30/h4-7,12,16H,8-11,13-15H2,1-3H3. The Morgan fingerprint density at radius 2 is 1.87 bits per heavy atom. The number of rotatable bonds is 5. The minimum Gasteiger partial charge on any atom is -0.493 e. The molecule has 0 bridgehead atoms. The minimum absolute atomic E-state index is 0.0160. The third-order valence-electron chi connectivity index (χ3n) is 7.16. The van der Waals surface area contributed by atoms with Crippen molar-refractivity contribution in [3.05, 3.63) is 58.3 Å². The first-order chi connectivity index (χ1) is 18.5. The normalized spacial score (nSPS) is 16.4. The zero-order valence-corrected chi connectivity index (χ0v) is 22.6. The van der Waals surface area contributed by atoms with Crippen molar-refractivity contribution in [2.24, 2.45) is 0 Å². The van der Waals surface area contributed by atoms with E-state index in [0.717, 1.165) is 29.0 Å².